The number of benzene rings is 1. The minimum absolute atomic E-state index is 0.184. The van der Waals surface area contributed by atoms with Crippen LogP contribution in [0.2, 0.25) is 0 Å². The van der Waals surface area contributed by atoms with Crippen LogP contribution in [0.3, 0.4) is 0 Å². The average Bonchev–Trinajstić information content (AvgIpc) is 3.43. The van der Waals surface area contributed by atoms with E-state index in [1.165, 1.54) is 4.31 Å². The van der Waals surface area contributed by atoms with Gasteiger partial charge in [0.05, 0.1) is 41.8 Å². The lowest BCUT2D eigenvalue weighted by atomic mass is 10.2. The van der Waals surface area contributed by atoms with E-state index in [0.29, 0.717) is 0 Å². The Balaban J connectivity index is 1.57. The smallest absolute Gasteiger partial charge is 0.243 e. The molecule has 0 aliphatic heterocycles. The summed E-state index contributed by atoms with van der Waals surface area (Å²) in [7, 11) is -3.76. The SMILES string of the molecule is CCc1ccc(S(=O)(=O)N(Cc2cnc3ccccn23)Cc2cnc3ccccn23)cc1. The Morgan fingerprint density at radius 2 is 1.31 bits per heavy atom. The monoisotopic (exact) mass is 445 g/mol. The van der Waals surface area contributed by atoms with E-state index in [0.717, 1.165) is 34.7 Å². The van der Waals surface area contributed by atoms with Crippen molar-refractivity contribution >= 4 is 21.3 Å². The Morgan fingerprint density at radius 3 is 1.81 bits per heavy atom. The van der Waals surface area contributed by atoms with Crippen LogP contribution in [0.25, 0.3) is 11.3 Å². The molecule has 4 heterocycles. The zero-order valence-corrected chi connectivity index (χ0v) is 18.5. The van der Waals surface area contributed by atoms with Crippen LogP contribution >= 0.6 is 0 Å². The number of sulfonamides is 1. The first-order chi connectivity index (χ1) is 15.6. The van der Waals surface area contributed by atoms with Crippen LogP contribution in [0.15, 0.2) is 90.3 Å². The van der Waals surface area contributed by atoms with Gasteiger partial charge >= 0.3 is 0 Å². The molecule has 0 N–H and O–H groups in total. The van der Waals surface area contributed by atoms with Crippen molar-refractivity contribution in [3.8, 4) is 0 Å². The molecule has 5 rings (SSSR count). The number of imidazole rings is 2. The van der Waals surface area contributed by atoms with E-state index in [1.807, 2.05) is 76.6 Å². The van der Waals surface area contributed by atoms with Gasteiger partial charge in [0.15, 0.2) is 0 Å². The summed E-state index contributed by atoms with van der Waals surface area (Å²) in [6, 6.07) is 18.5. The first-order valence-corrected chi connectivity index (χ1v) is 11.9. The second-order valence-corrected chi connectivity index (χ2v) is 9.57. The van der Waals surface area contributed by atoms with Gasteiger partial charge in [-0.1, -0.05) is 31.2 Å². The Bertz CT molecular complexity index is 1410. The molecule has 0 saturated carbocycles. The molecule has 4 aromatic heterocycles. The molecule has 1 aromatic carbocycles. The first kappa shape index (κ1) is 20.4. The van der Waals surface area contributed by atoms with Crippen LogP contribution in [0.1, 0.15) is 23.9 Å². The van der Waals surface area contributed by atoms with E-state index in [4.69, 9.17) is 0 Å². The van der Waals surface area contributed by atoms with E-state index < -0.39 is 10.0 Å². The molecule has 0 bridgehead atoms. The highest BCUT2D eigenvalue weighted by atomic mass is 32.2. The lowest BCUT2D eigenvalue weighted by Crippen LogP contribution is -2.31. The quantitative estimate of drug-likeness (QED) is 0.380. The second-order valence-electron chi connectivity index (χ2n) is 7.63. The number of pyridine rings is 2. The highest BCUT2D eigenvalue weighted by Gasteiger charge is 2.27. The van der Waals surface area contributed by atoms with Gasteiger partial charge < -0.3 is 8.80 Å². The molecule has 32 heavy (non-hydrogen) atoms. The van der Waals surface area contributed by atoms with Crippen LogP contribution in [0.5, 0.6) is 0 Å². The average molecular weight is 446 g/mol. The first-order valence-electron chi connectivity index (χ1n) is 10.5. The van der Waals surface area contributed by atoms with Crippen LogP contribution in [0, 0.1) is 0 Å². The molecule has 5 aromatic rings. The Morgan fingerprint density at radius 1 is 0.781 bits per heavy atom. The third kappa shape index (κ3) is 3.68. The summed E-state index contributed by atoms with van der Waals surface area (Å²) in [6.45, 7) is 2.41. The number of hydrogen-bond acceptors (Lipinski definition) is 4. The third-order valence-corrected chi connectivity index (χ3v) is 7.44. The molecule has 162 valence electrons. The van der Waals surface area contributed by atoms with E-state index in [-0.39, 0.29) is 18.0 Å². The summed E-state index contributed by atoms with van der Waals surface area (Å²) in [6.07, 6.45) is 8.10. The van der Waals surface area contributed by atoms with Gasteiger partial charge in [0, 0.05) is 12.4 Å². The van der Waals surface area contributed by atoms with Gasteiger partial charge in [-0.05, 0) is 48.4 Å². The molecule has 0 amide bonds. The predicted octanol–water partition coefficient (Wildman–Crippen LogP) is 3.94. The molecule has 7 nitrogen and oxygen atoms in total. The van der Waals surface area contributed by atoms with Crippen LogP contribution in [-0.2, 0) is 29.5 Å². The van der Waals surface area contributed by atoms with E-state index in [1.54, 1.807) is 24.5 Å². The van der Waals surface area contributed by atoms with Crippen molar-refractivity contribution in [3.63, 3.8) is 0 Å². The fraction of sp³-hybridized carbons (Fsp3) is 0.167. The highest BCUT2D eigenvalue weighted by Crippen LogP contribution is 2.23. The fourth-order valence-electron chi connectivity index (χ4n) is 3.84. The van der Waals surface area contributed by atoms with Crippen LogP contribution < -0.4 is 0 Å². The van der Waals surface area contributed by atoms with Gasteiger partial charge in [-0.2, -0.15) is 4.31 Å². The Hall–Kier alpha value is -3.49. The van der Waals surface area contributed by atoms with E-state index >= 15 is 0 Å². The minimum atomic E-state index is -3.76. The molecule has 0 aliphatic carbocycles. The van der Waals surface area contributed by atoms with Crippen molar-refractivity contribution in [1.29, 1.82) is 0 Å². The summed E-state index contributed by atoms with van der Waals surface area (Å²) >= 11 is 0. The van der Waals surface area contributed by atoms with Crippen molar-refractivity contribution < 1.29 is 8.42 Å². The zero-order chi connectivity index (χ0) is 22.1. The van der Waals surface area contributed by atoms with Crippen LogP contribution in [0.4, 0.5) is 0 Å². The van der Waals surface area contributed by atoms with Crippen molar-refractivity contribution in [2.45, 2.75) is 31.3 Å². The summed E-state index contributed by atoms with van der Waals surface area (Å²) < 4.78 is 32.8. The number of aromatic nitrogens is 4. The molecule has 0 radical (unpaired) electrons. The van der Waals surface area contributed by atoms with Gasteiger partial charge in [0.2, 0.25) is 10.0 Å². The lowest BCUT2D eigenvalue weighted by molar-refractivity contribution is 0.391. The van der Waals surface area contributed by atoms with Gasteiger partial charge in [-0.3, -0.25) is 0 Å². The van der Waals surface area contributed by atoms with Gasteiger partial charge in [0.25, 0.3) is 0 Å². The molecular weight excluding hydrogens is 422 g/mol. The zero-order valence-electron chi connectivity index (χ0n) is 17.7. The highest BCUT2D eigenvalue weighted by molar-refractivity contribution is 7.89. The molecule has 0 fully saturated rings. The minimum Gasteiger partial charge on any atom is -0.303 e. The van der Waals surface area contributed by atoms with E-state index in [2.05, 4.69) is 9.97 Å². The topological polar surface area (TPSA) is 72.0 Å². The Labute approximate surface area is 186 Å². The molecule has 0 atom stereocenters. The van der Waals surface area contributed by atoms with Crippen LogP contribution in [-0.4, -0.2) is 31.5 Å². The van der Waals surface area contributed by atoms with Crippen molar-refractivity contribution in [2.24, 2.45) is 0 Å². The Kier molecular flexibility index (Phi) is 5.24. The number of rotatable bonds is 7. The molecule has 0 aliphatic rings. The normalized spacial score (nSPS) is 12.2. The molecule has 0 saturated heterocycles. The maximum atomic E-state index is 13.7. The van der Waals surface area contributed by atoms with Gasteiger partial charge in [-0.25, -0.2) is 18.4 Å². The summed E-state index contributed by atoms with van der Waals surface area (Å²) in [5, 5.41) is 0. The number of nitrogens with zero attached hydrogens (tertiary/aromatic N) is 5. The van der Waals surface area contributed by atoms with Crippen molar-refractivity contribution in [1.82, 2.24) is 23.1 Å². The van der Waals surface area contributed by atoms with Gasteiger partial charge in [0.1, 0.15) is 11.3 Å². The maximum absolute atomic E-state index is 13.7. The number of hydrogen-bond donors (Lipinski definition) is 0. The van der Waals surface area contributed by atoms with Gasteiger partial charge in [-0.15, -0.1) is 0 Å². The summed E-state index contributed by atoms with van der Waals surface area (Å²) in [4.78, 5) is 9.12. The summed E-state index contributed by atoms with van der Waals surface area (Å²) in [5.74, 6) is 0. The molecule has 8 heteroatoms. The maximum Gasteiger partial charge on any atom is 0.243 e. The third-order valence-electron chi connectivity index (χ3n) is 5.63. The second kappa shape index (κ2) is 8.22. The van der Waals surface area contributed by atoms with Crippen molar-refractivity contribution in [2.75, 3.05) is 0 Å². The largest absolute Gasteiger partial charge is 0.303 e. The molecular formula is C24H23N5O2S. The summed E-state index contributed by atoms with van der Waals surface area (Å²) in [5.41, 5.74) is 4.24. The number of fused-ring (bicyclic) bond motifs is 2. The molecule has 0 unspecified atom stereocenters. The standard InChI is InChI=1S/C24H23N5O2S/c1-2-19-9-11-22(12-10-19)32(30,31)27(17-20-15-25-23-7-3-5-13-28(20)23)18-21-16-26-24-8-4-6-14-29(21)24/h3-16H,2,17-18H2,1H3. The molecule has 0 spiro atoms. The van der Waals surface area contributed by atoms with E-state index in [9.17, 15) is 8.42 Å². The number of aryl methyl sites for hydroxylation is 1. The van der Waals surface area contributed by atoms with Crippen molar-refractivity contribution in [3.05, 3.63) is 102 Å². The lowest BCUT2D eigenvalue weighted by Gasteiger charge is -2.22. The fourth-order valence-corrected chi connectivity index (χ4v) is 5.22. The predicted molar refractivity (Wildman–Crippen MR) is 123 cm³/mol.